The lowest BCUT2D eigenvalue weighted by Gasteiger charge is -2.35. The molecule has 1 fully saturated rings. The average Bonchev–Trinajstić information content (AvgIpc) is 2.29. The maximum Gasteiger partial charge on any atom is 0.408 e. The number of likely N-dealkylation sites (tertiary alicyclic amines) is 1. The molecule has 2 atom stereocenters. The van der Waals surface area contributed by atoms with Gasteiger partial charge in [-0.2, -0.15) is 0 Å². The van der Waals surface area contributed by atoms with E-state index in [2.05, 4.69) is 0 Å². The van der Waals surface area contributed by atoms with Gasteiger partial charge in [-0.3, -0.25) is 4.90 Å². The van der Waals surface area contributed by atoms with Crippen LogP contribution in [0.3, 0.4) is 0 Å². The monoisotopic (exact) mass is 254 g/mol. The first-order valence-corrected chi connectivity index (χ1v) is 5.96. The molecule has 0 bridgehead atoms. The van der Waals surface area contributed by atoms with Gasteiger partial charge in [0.25, 0.3) is 0 Å². The molecule has 4 nitrogen and oxygen atoms in total. The maximum absolute atomic E-state index is 10.9. The van der Waals surface area contributed by atoms with E-state index in [0.29, 0.717) is 23.9 Å². The Morgan fingerprint density at radius 3 is 2.59 bits per heavy atom. The second kappa shape index (κ2) is 4.94. The molecule has 5 heteroatoms. The molecular weight excluding hydrogens is 240 g/mol. The molecule has 1 saturated heterocycles. The first-order valence-electron chi connectivity index (χ1n) is 5.58. The molecule has 1 aliphatic heterocycles. The summed E-state index contributed by atoms with van der Waals surface area (Å²) >= 11 is 5.83. The second-order valence-electron chi connectivity index (χ2n) is 4.32. The first-order chi connectivity index (χ1) is 8.08. The number of hydrogen-bond donors (Lipinski definition) is 2. The minimum absolute atomic E-state index is 0.317. The Labute approximate surface area is 105 Å². The summed E-state index contributed by atoms with van der Waals surface area (Å²) in [5, 5.41) is 9.64. The van der Waals surface area contributed by atoms with Crippen LogP contribution in [-0.2, 0) is 0 Å². The Kier molecular flexibility index (Phi) is 3.54. The van der Waals surface area contributed by atoms with E-state index < -0.39 is 12.3 Å². The highest BCUT2D eigenvalue weighted by molar-refractivity contribution is 6.30. The molecule has 3 N–H and O–H groups in total. The molecule has 92 valence electrons. The highest BCUT2D eigenvalue weighted by Crippen LogP contribution is 2.30. The third-order valence-electron chi connectivity index (χ3n) is 3.23. The SMILES string of the molecule is NC1CC(c2ccc(Cl)cc2)CCN1C(=O)O. The number of nitrogens with two attached hydrogens (primary N) is 1. The second-order valence-corrected chi connectivity index (χ2v) is 4.75. The fourth-order valence-electron chi connectivity index (χ4n) is 2.27. The molecule has 1 aromatic rings. The number of amides is 1. The summed E-state index contributed by atoms with van der Waals surface area (Å²) in [5.74, 6) is 0.317. The molecule has 0 aromatic heterocycles. The van der Waals surface area contributed by atoms with Crippen LogP contribution in [0.2, 0.25) is 5.02 Å². The third-order valence-corrected chi connectivity index (χ3v) is 3.48. The van der Waals surface area contributed by atoms with Crippen molar-refractivity contribution in [2.24, 2.45) is 5.73 Å². The van der Waals surface area contributed by atoms with Crippen LogP contribution >= 0.6 is 11.6 Å². The number of benzene rings is 1. The van der Waals surface area contributed by atoms with Gasteiger partial charge < -0.3 is 10.8 Å². The molecule has 17 heavy (non-hydrogen) atoms. The van der Waals surface area contributed by atoms with E-state index in [0.717, 1.165) is 6.42 Å². The Morgan fingerprint density at radius 1 is 1.41 bits per heavy atom. The number of halogens is 1. The topological polar surface area (TPSA) is 66.6 Å². The Morgan fingerprint density at radius 2 is 2.06 bits per heavy atom. The fraction of sp³-hybridized carbons (Fsp3) is 0.417. The van der Waals surface area contributed by atoms with Crippen LogP contribution in [0.5, 0.6) is 0 Å². The van der Waals surface area contributed by atoms with E-state index in [1.54, 1.807) is 0 Å². The zero-order chi connectivity index (χ0) is 12.4. The lowest BCUT2D eigenvalue weighted by Crippen LogP contribution is -2.49. The summed E-state index contributed by atoms with van der Waals surface area (Å²) < 4.78 is 0. The van der Waals surface area contributed by atoms with E-state index in [1.807, 2.05) is 24.3 Å². The van der Waals surface area contributed by atoms with Crippen molar-refractivity contribution < 1.29 is 9.90 Å². The van der Waals surface area contributed by atoms with Crippen molar-refractivity contribution in [1.82, 2.24) is 4.90 Å². The van der Waals surface area contributed by atoms with Gasteiger partial charge in [-0.05, 0) is 36.5 Å². The smallest absolute Gasteiger partial charge is 0.408 e. The van der Waals surface area contributed by atoms with Crippen molar-refractivity contribution in [3.63, 3.8) is 0 Å². The molecule has 0 spiro atoms. The Bertz CT molecular complexity index is 407. The van der Waals surface area contributed by atoms with E-state index in [1.165, 1.54) is 10.5 Å². The first kappa shape index (κ1) is 12.2. The minimum Gasteiger partial charge on any atom is -0.465 e. The summed E-state index contributed by atoms with van der Waals surface area (Å²) in [6.45, 7) is 0.490. The quantitative estimate of drug-likeness (QED) is 0.809. The number of carbonyl (C=O) groups is 1. The predicted octanol–water partition coefficient (Wildman–Crippen LogP) is 2.48. The van der Waals surface area contributed by atoms with Crippen molar-refractivity contribution in [3.8, 4) is 0 Å². The molecule has 1 aromatic carbocycles. The zero-order valence-electron chi connectivity index (χ0n) is 9.34. The highest BCUT2D eigenvalue weighted by Gasteiger charge is 2.29. The lowest BCUT2D eigenvalue weighted by molar-refractivity contribution is 0.103. The molecule has 1 aliphatic rings. The number of nitrogens with zero attached hydrogens (tertiary/aromatic N) is 1. The van der Waals surface area contributed by atoms with Crippen LogP contribution in [0.4, 0.5) is 4.79 Å². The van der Waals surface area contributed by atoms with Gasteiger partial charge in [-0.15, -0.1) is 0 Å². The van der Waals surface area contributed by atoms with Crippen LogP contribution < -0.4 is 5.73 Å². The van der Waals surface area contributed by atoms with Crippen LogP contribution in [0, 0.1) is 0 Å². The van der Waals surface area contributed by atoms with E-state index >= 15 is 0 Å². The zero-order valence-corrected chi connectivity index (χ0v) is 10.1. The van der Waals surface area contributed by atoms with Crippen LogP contribution in [0.1, 0.15) is 24.3 Å². The van der Waals surface area contributed by atoms with Gasteiger partial charge in [0.05, 0.1) is 6.17 Å². The molecule has 2 rings (SSSR count). The molecule has 0 saturated carbocycles. The summed E-state index contributed by atoms with van der Waals surface area (Å²) in [5.41, 5.74) is 7.03. The predicted molar refractivity (Wildman–Crippen MR) is 66.1 cm³/mol. The lowest BCUT2D eigenvalue weighted by atomic mass is 9.88. The van der Waals surface area contributed by atoms with Crippen LogP contribution in [-0.4, -0.2) is 28.8 Å². The van der Waals surface area contributed by atoms with Crippen molar-refractivity contribution in [1.29, 1.82) is 0 Å². The number of rotatable bonds is 1. The number of piperidine rings is 1. The molecule has 2 unspecified atom stereocenters. The summed E-state index contributed by atoms with van der Waals surface area (Å²) in [6.07, 6.45) is 0.115. The van der Waals surface area contributed by atoms with Gasteiger partial charge in [0.1, 0.15) is 0 Å². The Balaban J connectivity index is 2.06. The molecule has 0 radical (unpaired) electrons. The van der Waals surface area contributed by atoms with Gasteiger partial charge in [0.15, 0.2) is 0 Å². The van der Waals surface area contributed by atoms with Crippen molar-refractivity contribution in [3.05, 3.63) is 34.9 Å². The summed E-state index contributed by atoms with van der Waals surface area (Å²) in [7, 11) is 0. The van der Waals surface area contributed by atoms with Gasteiger partial charge in [0, 0.05) is 11.6 Å². The molecule has 0 aliphatic carbocycles. The van der Waals surface area contributed by atoms with Gasteiger partial charge >= 0.3 is 6.09 Å². The standard InChI is InChI=1S/C12H15ClN2O2/c13-10-3-1-8(2-4-10)9-5-6-15(12(16)17)11(14)7-9/h1-4,9,11H,5-7,14H2,(H,16,17). The third kappa shape index (κ3) is 2.70. The Hall–Kier alpha value is -1.26. The van der Waals surface area contributed by atoms with Crippen molar-refractivity contribution >= 4 is 17.7 Å². The molecule has 1 heterocycles. The van der Waals surface area contributed by atoms with Crippen LogP contribution in [0.25, 0.3) is 0 Å². The fourth-order valence-corrected chi connectivity index (χ4v) is 2.40. The van der Waals surface area contributed by atoms with Crippen LogP contribution in [0.15, 0.2) is 24.3 Å². The van der Waals surface area contributed by atoms with E-state index in [4.69, 9.17) is 22.4 Å². The number of carboxylic acid groups (broad SMARTS) is 1. The van der Waals surface area contributed by atoms with Gasteiger partial charge in [-0.1, -0.05) is 23.7 Å². The van der Waals surface area contributed by atoms with Gasteiger partial charge in [-0.25, -0.2) is 4.79 Å². The molecule has 1 amide bonds. The molecular formula is C12H15ClN2O2. The van der Waals surface area contributed by atoms with Gasteiger partial charge in [0.2, 0.25) is 0 Å². The minimum atomic E-state index is -0.938. The maximum atomic E-state index is 10.9. The summed E-state index contributed by atoms with van der Waals surface area (Å²) in [4.78, 5) is 12.2. The average molecular weight is 255 g/mol. The normalized spacial score (nSPS) is 24.7. The van der Waals surface area contributed by atoms with E-state index in [9.17, 15) is 4.79 Å². The number of hydrogen-bond acceptors (Lipinski definition) is 2. The largest absolute Gasteiger partial charge is 0.465 e. The van der Waals surface area contributed by atoms with E-state index in [-0.39, 0.29) is 0 Å². The highest BCUT2D eigenvalue weighted by atomic mass is 35.5. The van der Waals surface area contributed by atoms with Crippen molar-refractivity contribution in [2.75, 3.05) is 6.54 Å². The van der Waals surface area contributed by atoms with Crippen molar-refractivity contribution in [2.45, 2.75) is 24.9 Å². The summed E-state index contributed by atoms with van der Waals surface area (Å²) in [6, 6.07) is 7.67.